The predicted molar refractivity (Wildman–Crippen MR) is 55.4 cm³/mol. The molecule has 0 amide bonds. The molecule has 0 radical (unpaired) electrons. The molecule has 3 N–H and O–H groups in total. The third-order valence-corrected chi connectivity index (χ3v) is 2.22. The first-order chi connectivity index (χ1) is 7.61. The Kier molecular flexibility index (Phi) is 2.76. The first-order valence-electron chi connectivity index (χ1n) is 4.88. The molecule has 0 spiro atoms. The maximum atomic E-state index is 9.75. The molecule has 1 atom stereocenters. The van der Waals surface area contributed by atoms with Crippen molar-refractivity contribution in [2.75, 3.05) is 6.54 Å². The van der Waals surface area contributed by atoms with Crippen molar-refractivity contribution in [2.24, 2.45) is 5.73 Å². The first-order valence-corrected chi connectivity index (χ1v) is 4.88. The summed E-state index contributed by atoms with van der Waals surface area (Å²) < 4.78 is 9.92. The molecule has 0 saturated heterocycles. The third-order valence-electron chi connectivity index (χ3n) is 2.22. The third kappa shape index (κ3) is 2.29. The Morgan fingerprint density at radius 1 is 1.56 bits per heavy atom. The summed E-state index contributed by atoms with van der Waals surface area (Å²) in [5.41, 5.74) is 5.11. The standard InChI is InChI=1S/C10H13N3O3/c1-10(14,6-11)4-8-12-9(13-16-8)7-2-3-15-5-7/h2-3,5,14H,4,6,11H2,1H3. The second-order valence-electron chi connectivity index (χ2n) is 3.90. The smallest absolute Gasteiger partial charge is 0.229 e. The number of rotatable bonds is 4. The van der Waals surface area contributed by atoms with Crippen molar-refractivity contribution in [2.45, 2.75) is 18.9 Å². The van der Waals surface area contributed by atoms with E-state index in [9.17, 15) is 5.11 Å². The van der Waals surface area contributed by atoms with E-state index in [1.54, 1.807) is 13.0 Å². The van der Waals surface area contributed by atoms with Gasteiger partial charge in [0, 0.05) is 6.54 Å². The second kappa shape index (κ2) is 4.07. The summed E-state index contributed by atoms with van der Waals surface area (Å²) in [6.45, 7) is 1.76. The van der Waals surface area contributed by atoms with Gasteiger partial charge in [-0.15, -0.1) is 0 Å². The molecule has 16 heavy (non-hydrogen) atoms. The molecular weight excluding hydrogens is 210 g/mol. The molecule has 2 aromatic heterocycles. The fourth-order valence-corrected chi connectivity index (χ4v) is 1.23. The zero-order chi connectivity index (χ0) is 11.6. The zero-order valence-electron chi connectivity index (χ0n) is 8.88. The lowest BCUT2D eigenvalue weighted by Gasteiger charge is -2.17. The maximum Gasteiger partial charge on any atom is 0.229 e. The van der Waals surface area contributed by atoms with Crippen LogP contribution in [0.3, 0.4) is 0 Å². The van der Waals surface area contributed by atoms with E-state index in [4.69, 9.17) is 14.7 Å². The normalized spacial score (nSPS) is 14.9. The van der Waals surface area contributed by atoms with Crippen molar-refractivity contribution in [1.82, 2.24) is 10.1 Å². The van der Waals surface area contributed by atoms with Gasteiger partial charge in [0.1, 0.15) is 6.26 Å². The topological polar surface area (TPSA) is 98.3 Å². The summed E-state index contributed by atoms with van der Waals surface area (Å²) in [7, 11) is 0. The van der Waals surface area contributed by atoms with Gasteiger partial charge in [0.25, 0.3) is 0 Å². The molecule has 2 aromatic rings. The highest BCUT2D eigenvalue weighted by Crippen LogP contribution is 2.17. The van der Waals surface area contributed by atoms with Crippen LogP contribution in [0.1, 0.15) is 12.8 Å². The monoisotopic (exact) mass is 223 g/mol. The Morgan fingerprint density at radius 2 is 2.38 bits per heavy atom. The molecule has 6 nitrogen and oxygen atoms in total. The van der Waals surface area contributed by atoms with E-state index >= 15 is 0 Å². The molecule has 0 aromatic carbocycles. The Hall–Kier alpha value is -1.66. The van der Waals surface area contributed by atoms with Crippen LogP contribution >= 0.6 is 0 Å². The average Bonchev–Trinajstić information content (AvgIpc) is 2.86. The Labute approximate surface area is 92.1 Å². The highest BCUT2D eigenvalue weighted by Gasteiger charge is 2.22. The summed E-state index contributed by atoms with van der Waals surface area (Å²) in [5, 5.41) is 13.5. The predicted octanol–water partition coefficient (Wildman–Crippen LogP) is 0.582. The minimum atomic E-state index is -1.03. The summed E-state index contributed by atoms with van der Waals surface area (Å²) >= 11 is 0. The summed E-state index contributed by atoms with van der Waals surface area (Å²) in [6, 6.07) is 1.73. The summed E-state index contributed by atoms with van der Waals surface area (Å²) in [5.74, 6) is 0.795. The number of hydrogen-bond donors (Lipinski definition) is 2. The van der Waals surface area contributed by atoms with Crippen LogP contribution in [-0.2, 0) is 6.42 Å². The van der Waals surface area contributed by atoms with Gasteiger partial charge in [-0.2, -0.15) is 4.98 Å². The molecule has 86 valence electrons. The minimum Gasteiger partial charge on any atom is -0.472 e. The van der Waals surface area contributed by atoms with Crippen LogP contribution in [-0.4, -0.2) is 27.4 Å². The van der Waals surface area contributed by atoms with Crippen molar-refractivity contribution in [3.05, 3.63) is 24.5 Å². The van der Waals surface area contributed by atoms with Gasteiger partial charge in [-0.25, -0.2) is 0 Å². The second-order valence-corrected chi connectivity index (χ2v) is 3.90. The Balaban J connectivity index is 2.14. The highest BCUT2D eigenvalue weighted by atomic mass is 16.5. The molecule has 0 fully saturated rings. The number of nitrogens with two attached hydrogens (primary N) is 1. The lowest BCUT2D eigenvalue weighted by molar-refractivity contribution is 0.0610. The van der Waals surface area contributed by atoms with E-state index < -0.39 is 5.60 Å². The zero-order valence-corrected chi connectivity index (χ0v) is 8.88. The lowest BCUT2D eigenvalue weighted by Crippen LogP contribution is -2.36. The van der Waals surface area contributed by atoms with Crippen LogP contribution in [0, 0.1) is 0 Å². The highest BCUT2D eigenvalue weighted by molar-refractivity contribution is 5.51. The van der Waals surface area contributed by atoms with Crippen molar-refractivity contribution in [3.8, 4) is 11.4 Å². The molecule has 0 aliphatic heterocycles. The largest absolute Gasteiger partial charge is 0.472 e. The number of aromatic nitrogens is 2. The molecule has 0 aliphatic carbocycles. The maximum absolute atomic E-state index is 9.75. The van der Waals surface area contributed by atoms with Crippen LogP contribution < -0.4 is 5.73 Å². The van der Waals surface area contributed by atoms with Crippen LogP contribution in [0.25, 0.3) is 11.4 Å². The molecule has 0 bridgehead atoms. The Morgan fingerprint density at radius 3 is 3.00 bits per heavy atom. The SMILES string of the molecule is CC(O)(CN)Cc1nc(-c2ccoc2)no1. The summed E-state index contributed by atoms with van der Waals surface area (Å²) in [4.78, 5) is 4.13. The van der Waals surface area contributed by atoms with Gasteiger partial charge in [-0.1, -0.05) is 5.16 Å². The molecule has 2 rings (SSSR count). The fraction of sp³-hybridized carbons (Fsp3) is 0.400. The lowest BCUT2D eigenvalue weighted by atomic mass is 10.0. The number of furan rings is 1. The van der Waals surface area contributed by atoms with Crippen molar-refractivity contribution in [1.29, 1.82) is 0 Å². The average molecular weight is 223 g/mol. The van der Waals surface area contributed by atoms with E-state index in [2.05, 4.69) is 10.1 Å². The van der Waals surface area contributed by atoms with E-state index in [0.717, 1.165) is 5.56 Å². The number of nitrogens with zero attached hydrogens (tertiary/aromatic N) is 2. The van der Waals surface area contributed by atoms with Gasteiger partial charge in [0.15, 0.2) is 0 Å². The number of aliphatic hydroxyl groups is 1. The van der Waals surface area contributed by atoms with Crippen LogP contribution in [0.2, 0.25) is 0 Å². The van der Waals surface area contributed by atoms with Gasteiger partial charge >= 0.3 is 0 Å². The van der Waals surface area contributed by atoms with Crippen molar-refractivity contribution in [3.63, 3.8) is 0 Å². The van der Waals surface area contributed by atoms with Crippen molar-refractivity contribution >= 4 is 0 Å². The summed E-state index contributed by atoms with van der Waals surface area (Å²) in [6.07, 6.45) is 3.28. The number of hydrogen-bond acceptors (Lipinski definition) is 6. The van der Waals surface area contributed by atoms with Gasteiger partial charge in [0.05, 0.1) is 23.8 Å². The molecule has 0 saturated carbocycles. The van der Waals surface area contributed by atoms with E-state index in [1.807, 2.05) is 0 Å². The fourth-order valence-electron chi connectivity index (χ4n) is 1.23. The molecular formula is C10H13N3O3. The van der Waals surface area contributed by atoms with Gasteiger partial charge in [0.2, 0.25) is 11.7 Å². The van der Waals surface area contributed by atoms with Gasteiger partial charge < -0.3 is 19.8 Å². The minimum absolute atomic E-state index is 0.135. The van der Waals surface area contributed by atoms with Crippen molar-refractivity contribution < 1.29 is 14.0 Å². The van der Waals surface area contributed by atoms with Crippen LogP contribution in [0.4, 0.5) is 0 Å². The van der Waals surface area contributed by atoms with Crippen LogP contribution in [0.15, 0.2) is 27.5 Å². The van der Waals surface area contributed by atoms with Gasteiger partial charge in [-0.3, -0.25) is 0 Å². The molecule has 0 aliphatic rings. The van der Waals surface area contributed by atoms with E-state index in [-0.39, 0.29) is 13.0 Å². The first kappa shape index (κ1) is 10.8. The van der Waals surface area contributed by atoms with E-state index in [0.29, 0.717) is 11.7 Å². The van der Waals surface area contributed by atoms with E-state index in [1.165, 1.54) is 12.5 Å². The molecule has 1 unspecified atom stereocenters. The quantitative estimate of drug-likeness (QED) is 0.786. The Bertz CT molecular complexity index is 448. The molecule has 2 heterocycles. The van der Waals surface area contributed by atoms with Gasteiger partial charge in [-0.05, 0) is 13.0 Å². The molecule has 6 heteroatoms. The van der Waals surface area contributed by atoms with Crippen LogP contribution in [0.5, 0.6) is 0 Å².